The van der Waals surface area contributed by atoms with Crippen LogP contribution in [0.2, 0.25) is 0 Å². The molecule has 1 N–H and O–H groups in total. The Hall–Kier alpha value is -0.580. The average Bonchev–Trinajstić information content (AvgIpc) is 2.70. The molecule has 100 valence electrons. The number of nitrogens with zero attached hydrogens (tertiary/aromatic N) is 2. The van der Waals surface area contributed by atoms with Gasteiger partial charge in [-0.3, -0.25) is 4.90 Å². The van der Waals surface area contributed by atoms with Crippen molar-refractivity contribution in [3.8, 4) is 5.75 Å². The van der Waals surface area contributed by atoms with Crippen LogP contribution in [0.1, 0.15) is 18.4 Å². The number of benzene rings is 1. The lowest BCUT2D eigenvalue weighted by atomic mass is 10.1. The van der Waals surface area contributed by atoms with Crippen LogP contribution in [0, 0.1) is 0 Å². The summed E-state index contributed by atoms with van der Waals surface area (Å²) in [5.41, 5.74) is 1.25. The molecule has 1 atom stereocenters. The first-order valence-corrected chi connectivity index (χ1v) is 7.21. The van der Waals surface area contributed by atoms with E-state index in [-0.39, 0.29) is 0 Å². The lowest BCUT2D eigenvalue weighted by Crippen LogP contribution is -2.37. The van der Waals surface area contributed by atoms with Crippen molar-refractivity contribution in [1.82, 2.24) is 9.80 Å². The normalized spacial score (nSPS) is 20.8. The minimum Gasteiger partial charge on any atom is -0.507 e. The third-order valence-corrected chi connectivity index (χ3v) is 4.11. The molecule has 1 heterocycles. The van der Waals surface area contributed by atoms with E-state index in [2.05, 4.69) is 39.8 Å². The highest BCUT2D eigenvalue weighted by Gasteiger charge is 2.24. The van der Waals surface area contributed by atoms with Gasteiger partial charge in [-0.05, 0) is 67.1 Å². The number of phenols is 1. The standard InChI is InChI=1S/C14H21BrN2O/c1-16(2)10-12-4-3-7-17(12)9-11-5-6-14(18)13(15)8-11/h5-6,8,12,18H,3-4,7,9-10H2,1-2H3. The van der Waals surface area contributed by atoms with Crippen LogP contribution in [0.4, 0.5) is 0 Å². The summed E-state index contributed by atoms with van der Waals surface area (Å²) >= 11 is 3.37. The van der Waals surface area contributed by atoms with Crippen LogP contribution >= 0.6 is 15.9 Å². The molecule has 1 unspecified atom stereocenters. The van der Waals surface area contributed by atoms with Crippen LogP contribution in [-0.4, -0.2) is 48.1 Å². The highest BCUT2D eigenvalue weighted by Crippen LogP contribution is 2.26. The van der Waals surface area contributed by atoms with Gasteiger partial charge in [0.1, 0.15) is 5.75 Å². The Morgan fingerprint density at radius 1 is 1.44 bits per heavy atom. The van der Waals surface area contributed by atoms with Crippen LogP contribution in [-0.2, 0) is 6.54 Å². The van der Waals surface area contributed by atoms with E-state index in [4.69, 9.17) is 0 Å². The lowest BCUT2D eigenvalue weighted by molar-refractivity contribution is 0.201. The number of aromatic hydroxyl groups is 1. The first-order valence-electron chi connectivity index (χ1n) is 6.42. The van der Waals surface area contributed by atoms with Crippen molar-refractivity contribution in [3.05, 3.63) is 28.2 Å². The fraction of sp³-hybridized carbons (Fsp3) is 0.571. The summed E-state index contributed by atoms with van der Waals surface area (Å²) in [6.45, 7) is 3.27. The van der Waals surface area contributed by atoms with E-state index in [9.17, 15) is 5.11 Å². The Labute approximate surface area is 118 Å². The third kappa shape index (κ3) is 3.46. The predicted octanol–water partition coefficient (Wildman–Crippen LogP) is 2.68. The van der Waals surface area contributed by atoms with Crippen LogP contribution < -0.4 is 0 Å². The molecule has 0 aromatic heterocycles. The zero-order chi connectivity index (χ0) is 13.1. The fourth-order valence-corrected chi connectivity index (χ4v) is 3.04. The topological polar surface area (TPSA) is 26.7 Å². The maximum Gasteiger partial charge on any atom is 0.129 e. The number of hydrogen-bond acceptors (Lipinski definition) is 3. The van der Waals surface area contributed by atoms with Crippen molar-refractivity contribution in [3.63, 3.8) is 0 Å². The van der Waals surface area contributed by atoms with Crippen LogP contribution in [0.25, 0.3) is 0 Å². The Morgan fingerprint density at radius 2 is 2.22 bits per heavy atom. The fourth-order valence-electron chi connectivity index (χ4n) is 2.61. The van der Waals surface area contributed by atoms with Gasteiger partial charge in [0.25, 0.3) is 0 Å². The minimum atomic E-state index is 0.310. The molecule has 1 aromatic carbocycles. The molecule has 0 amide bonds. The SMILES string of the molecule is CN(C)CC1CCCN1Cc1ccc(O)c(Br)c1. The van der Waals surface area contributed by atoms with Crippen LogP contribution in [0.3, 0.4) is 0 Å². The molecule has 2 rings (SSSR count). The molecule has 1 saturated heterocycles. The number of hydrogen-bond donors (Lipinski definition) is 1. The molecule has 0 spiro atoms. The molecule has 1 fully saturated rings. The summed E-state index contributed by atoms with van der Waals surface area (Å²) < 4.78 is 0.781. The second-order valence-electron chi connectivity index (χ2n) is 5.31. The summed E-state index contributed by atoms with van der Waals surface area (Å²) in [6.07, 6.45) is 2.58. The molecule has 1 aliphatic heterocycles. The van der Waals surface area contributed by atoms with Crippen LogP contribution in [0.15, 0.2) is 22.7 Å². The highest BCUT2D eigenvalue weighted by atomic mass is 79.9. The number of phenolic OH excluding ortho intramolecular Hbond substituents is 1. The minimum absolute atomic E-state index is 0.310. The molecule has 0 aliphatic carbocycles. The van der Waals surface area contributed by atoms with Gasteiger partial charge in [0.05, 0.1) is 4.47 Å². The molecule has 1 aliphatic rings. The van der Waals surface area contributed by atoms with Crippen molar-refractivity contribution < 1.29 is 5.11 Å². The van der Waals surface area contributed by atoms with Gasteiger partial charge in [0.15, 0.2) is 0 Å². The molecular formula is C14H21BrN2O. The number of rotatable bonds is 4. The van der Waals surface area contributed by atoms with Crippen molar-refractivity contribution in [2.24, 2.45) is 0 Å². The number of likely N-dealkylation sites (N-methyl/N-ethyl adjacent to an activating group) is 1. The van der Waals surface area contributed by atoms with Crippen molar-refractivity contribution in [2.75, 3.05) is 27.2 Å². The largest absolute Gasteiger partial charge is 0.507 e. The zero-order valence-electron chi connectivity index (χ0n) is 11.1. The number of likely N-dealkylation sites (tertiary alicyclic amines) is 1. The Morgan fingerprint density at radius 3 is 2.89 bits per heavy atom. The van der Waals surface area contributed by atoms with Crippen LogP contribution in [0.5, 0.6) is 5.75 Å². The van der Waals surface area contributed by atoms with Gasteiger partial charge in [0.2, 0.25) is 0 Å². The van der Waals surface area contributed by atoms with E-state index < -0.39 is 0 Å². The van der Waals surface area contributed by atoms with Gasteiger partial charge in [0, 0.05) is 19.1 Å². The molecule has 0 bridgehead atoms. The third-order valence-electron chi connectivity index (χ3n) is 3.47. The Kier molecular flexibility index (Phi) is 4.65. The van der Waals surface area contributed by atoms with Gasteiger partial charge in [-0.25, -0.2) is 0 Å². The maximum absolute atomic E-state index is 9.51. The van der Waals surface area contributed by atoms with E-state index in [0.29, 0.717) is 11.8 Å². The van der Waals surface area contributed by atoms with E-state index >= 15 is 0 Å². The van der Waals surface area contributed by atoms with Crippen molar-refractivity contribution in [1.29, 1.82) is 0 Å². The smallest absolute Gasteiger partial charge is 0.129 e. The van der Waals surface area contributed by atoms with E-state index in [0.717, 1.165) is 17.6 Å². The molecule has 0 radical (unpaired) electrons. The second-order valence-corrected chi connectivity index (χ2v) is 6.17. The summed E-state index contributed by atoms with van der Waals surface area (Å²) in [5.74, 6) is 0.310. The maximum atomic E-state index is 9.51. The summed E-state index contributed by atoms with van der Waals surface area (Å²) in [4.78, 5) is 4.80. The van der Waals surface area contributed by atoms with Gasteiger partial charge in [-0.1, -0.05) is 6.07 Å². The first kappa shape index (κ1) is 13.8. The van der Waals surface area contributed by atoms with Gasteiger partial charge in [-0.2, -0.15) is 0 Å². The molecule has 1 aromatic rings. The quantitative estimate of drug-likeness (QED) is 0.926. The monoisotopic (exact) mass is 312 g/mol. The van der Waals surface area contributed by atoms with Gasteiger partial charge >= 0.3 is 0 Å². The van der Waals surface area contributed by atoms with E-state index in [1.54, 1.807) is 6.07 Å². The Bertz CT molecular complexity index is 409. The molecular weight excluding hydrogens is 292 g/mol. The first-order chi connectivity index (χ1) is 8.56. The highest BCUT2D eigenvalue weighted by molar-refractivity contribution is 9.10. The summed E-state index contributed by atoms with van der Waals surface area (Å²) in [6, 6.07) is 6.44. The van der Waals surface area contributed by atoms with Crippen molar-refractivity contribution in [2.45, 2.75) is 25.4 Å². The second kappa shape index (κ2) is 6.04. The summed E-state index contributed by atoms with van der Waals surface area (Å²) in [7, 11) is 4.27. The van der Waals surface area contributed by atoms with Gasteiger partial charge < -0.3 is 10.0 Å². The van der Waals surface area contributed by atoms with E-state index in [1.165, 1.54) is 24.9 Å². The summed E-state index contributed by atoms with van der Waals surface area (Å²) in [5, 5.41) is 9.51. The number of halogens is 1. The molecule has 3 nitrogen and oxygen atoms in total. The zero-order valence-corrected chi connectivity index (χ0v) is 12.7. The van der Waals surface area contributed by atoms with Crippen molar-refractivity contribution >= 4 is 15.9 Å². The Balaban J connectivity index is 2.01. The lowest BCUT2D eigenvalue weighted by Gasteiger charge is -2.27. The van der Waals surface area contributed by atoms with E-state index in [1.807, 2.05) is 12.1 Å². The van der Waals surface area contributed by atoms with Gasteiger partial charge in [-0.15, -0.1) is 0 Å². The predicted molar refractivity (Wildman–Crippen MR) is 77.8 cm³/mol. The molecule has 18 heavy (non-hydrogen) atoms. The molecule has 4 heteroatoms. The molecule has 0 saturated carbocycles. The average molecular weight is 313 g/mol.